The molecule has 3 rings (SSSR count). The first-order chi connectivity index (χ1) is 8.67. The van der Waals surface area contributed by atoms with Crippen LogP contribution >= 0.6 is 0 Å². The van der Waals surface area contributed by atoms with Crippen LogP contribution in [0.4, 0.5) is 4.79 Å². The molecule has 1 unspecified atom stereocenters. The average Bonchev–Trinajstić information content (AvgIpc) is 2.92. The van der Waals surface area contributed by atoms with Gasteiger partial charge in [0, 0.05) is 43.9 Å². The summed E-state index contributed by atoms with van der Waals surface area (Å²) in [7, 11) is 0. The summed E-state index contributed by atoms with van der Waals surface area (Å²) in [6.45, 7) is 3.17. The number of hydrogen-bond acceptors (Lipinski definition) is 2. The highest BCUT2D eigenvalue weighted by atomic mass is 16.2. The fourth-order valence-corrected chi connectivity index (χ4v) is 3.50. The molecule has 3 amide bonds. The van der Waals surface area contributed by atoms with Crippen LogP contribution in [-0.4, -0.2) is 43.0 Å². The quantitative estimate of drug-likeness (QED) is 0.759. The zero-order valence-electron chi connectivity index (χ0n) is 10.7. The van der Waals surface area contributed by atoms with Gasteiger partial charge in [0.1, 0.15) is 0 Å². The molecule has 3 aliphatic rings. The van der Waals surface area contributed by atoms with Crippen molar-refractivity contribution in [2.24, 2.45) is 11.3 Å². The molecule has 1 saturated carbocycles. The maximum absolute atomic E-state index is 11.9. The Balaban J connectivity index is 1.39. The molecule has 0 aromatic carbocycles. The van der Waals surface area contributed by atoms with Gasteiger partial charge < -0.3 is 15.5 Å². The highest BCUT2D eigenvalue weighted by Crippen LogP contribution is 2.45. The third-order valence-electron chi connectivity index (χ3n) is 4.61. The predicted molar refractivity (Wildman–Crippen MR) is 67.0 cm³/mol. The summed E-state index contributed by atoms with van der Waals surface area (Å²) in [5.74, 6) is 0.367. The number of rotatable bonds is 2. The third kappa shape index (κ3) is 2.18. The van der Waals surface area contributed by atoms with Gasteiger partial charge in [-0.25, -0.2) is 4.79 Å². The Morgan fingerprint density at radius 2 is 2.11 bits per heavy atom. The van der Waals surface area contributed by atoms with Gasteiger partial charge in [0.05, 0.1) is 0 Å². The maximum atomic E-state index is 11.9. The minimum absolute atomic E-state index is 0.0480. The molecule has 1 spiro atoms. The van der Waals surface area contributed by atoms with Crippen LogP contribution < -0.4 is 10.6 Å². The third-order valence-corrected chi connectivity index (χ3v) is 4.61. The molecule has 0 aromatic heterocycles. The normalized spacial score (nSPS) is 29.2. The lowest BCUT2D eigenvalue weighted by molar-refractivity contribution is -0.119. The highest BCUT2D eigenvalue weighted by Gasteiger charge is 2.46. The molecule has 0 aromatic rings. The van der Waals surface area contributed by atoms with Crippen molar-refractivity contribution in [3.63, 3.8) is 0 Å². The summed E-state index contributed by atoms with van der Waals surface area (Å²) in [5, 5.41) is 5.73. The predicted octanol–water partition coefficient (Wildman–Crippen LogP) is 0.708. The van der Waals surface area contributed by atoms with Crippen molar-refractivity contribution >= 4 is 11.9 Å². The number of likely N-dealkylation sites (tertiary alicyclic amines) is 1. The van der Waals surface area contributed by atoms with Crippen molar-refractivity contribution in [2.45, 2.75) is 32.1 Å². The smallest absolute Gasteiger partial charge is 0.317 e. The van der Waals surface area contributed by atoms with Gasteiger partial charge in [0.2, 0.25) is 5.91 Å². The first-order valence-corrected chi connectivity index (χ1v) is 6.96. The largest absolute Gasteiger partial charge is 0.356 e. The van der Waals surface area contributed by atoms with Crippen LogP contribution in [0.5, 0.6) is 0 Å². The number of hydrogen-bond donors (Lipinski definition) is 2. The van der Waals surface area contributed by atoms with Gasteiger partial charge in [-0.05, 0) is 12.8 Å². The summed E-state index contributed by atoms with van der Waals surface area (Å²) in [6.07, 6.45) is 5.77. The minimum atomic E-state index is 0.0480. The summed E-state index contributed by atoms with van der Waals surface area (Å²) >= 11 is 0. The molecule has 0 radical (unpaired) electrons. The number of urea groups is 1. The fraction of sp³-hybridized carbons (Fsp3) is 0.846. The number of carbonyl (C=O) groups excluding carboxylic acids is 2. The van der Waals surface area contributed by atoms with E-state index < -0.39 is 0 Å². The van der Waals surface area contributed by atoms with Crippen molar-refractivity contribution in [3.8, 4) is 0 Å². The van der Waals surface area contributed by atoms with Crippen LogP contribution in [0.1, 0.15) is 32.1 Å². The van der Waals surface area contributed by atoms with Crippen LogP contribution in [-0.2, 0) is 4.79 Å². The average molecular weight is 251 g/mol. The van der Waals surface area contributed by atoms with Crippen molar-refractivity contribution in [1.82, 2.24) is 15.5 Å². The molecular formula is C13H21N3O2. The fourth-order valence-electron chi connectivity index (χ4n) is 3.50. The highest BCUT2D eigenvalue weighted by molar-refractivity contribution is 5.79. The second-order valence-corrected chi connectivity index (χ2v) is 6.12. The van der Waals surface area contributed by atoms with E-state index >= 15 is 0 Å². The Morgan fingerprint density at radius 3 is 2.72 bits per heavy atom. The van der Waals surface area contributed by atoms with E-state index in [4.69, 9.17) is 0 Å². The summed E-state index contributed by atoms with van der Waals surface area (Å²) in [5.41, 5.74) is 0.461. The van der Waals surface area contributed by atoms with Gasteiger partial charge in [0.15, 0.2) is 0 Å². The first-order valence-electron chi connectivity index (χ1n) is 6.96. The molecule has 18 heavy (non-hydrogen) atoms. The van der Waals surface area contributed by atoms with Gasteiger partial charge in [-0.15, -0.1) is 0 Å². The van der Waals surface area contributed by atoms with Crippen molar-refractivity contribution in [1.29, 1.82) is 0 Å². The van der Waals surface area contributed by atoms with E-state index in [0.29, 0.717) is 24.9 Å². The monoisotopic (exact) mass is 251 g/mol. The topological polar surface area (TPSA) is 61.4 Å². The molecular weight excluding hydrogens is 230 g/mol. The summed E-state index contributed by atoms with van der Waals surface area (Å²) in [6, 6.07) is 0.0480. The molecule has 2 heterocycles. The van der Waals surface area contributed by atoms with Gasteiger partial charge in [-0.3, -0.25) is 4.79 Å². The van der Waals surface area contributed by atoms with Crippen LogP contribution in [0.25, 0.3) is 0 Å². The maximum Gasteiger partial charge on any atom is 0.317 e. The Hall–Kier alpha value is -1.26. The van der Waals surface area contributed by atoms with Crippen molar-refractivity contribution in [2.75, 3.05) is 26.2 Å². The first kappa shape index (κ1) is 11.8. The van der Waals surface area contributed by atoms with Crippen molar-refractivity contribution in [3.05, 3.63) is 0 Å². The molecule has 0 bridgehead atoms. The van der Waals surface area contributed by atoms with Crippen LogP contribution in [0.15, 0.2) is 0 Å². The second kappa shape index (κ2) is 4.44. The lowest BCUT2D eigenvalue weighted by Crippen LogP contribution is -2.60. The van der Waals surface area contributed by atoms with Gasteiger partial charge in [-0.1, -0.05) is 12.8 Å². The Kier molecular flexibility index (Phi) is 2.92. The standard InChI is InChI=1S/C13H21N3O2/c17-11-5-10(6-14-11)7-15-12(18)16-8-13(9-16)3-1-2-4-13/h10H,1-9H2,(H,14,17)(H,15,18). The Labute approximate surface area is 107 Å². The minimum Gasteiger partial charge on any atom is -0.356 e. The molecule has 5 nitrogen and oxygen atoms in total. The van der Waals surface area contributed by atoms with Gasteiger partial charge in [-0.2, -0.15) is 0 Å². The second-order valence-electron chi connectivity index (χ2n) is 6.12. The van der Waals surface area contributed by atoms with E-state index in [1.165, 1.54) is 25.7 Å². The van der Waals surface area contributed by atoms with Crippen LogP contribution in [0, 0.1) is 11.3 Å². The van der Waals surface area contributed by atoms with E-state index in [1.807, 2.05) is 4.90 Å². The SMILES string of the molecule is O=C1CC(CNC(=O)N2CC3(CCCC3)C2)CN1. The Bertz CT molecular complexity index is 355. The van der Waals surface area contributed by atoms with E-state index in [-0.39, 0.29) is 17.9 Å². The molecule has 1 aliphatic carbocycles. The van der Waals surface area contributed by atoms with Crippen LogP contribution in [0.2, 0.25) is 0 Å². The zero-order chi connectivity index (χ0) is 12.6. The number of carbonyl (C=O) groups is 2. The Morgan fingerprint density at radius 1 is 1.39 bits per heavy atom. The number of nitrogens with zero attached hydrogens (tertiary/aromatic N) is 1. The lowest BCUT2D eigenvalue weighted by Gasteiger charge is -2.48. The van der Waals surface area contributed by atoms with Crippen molar-refractivity contribution < 1.29 is 9.59 Å². The molecule has 2 N–H and O–H groups in total. The van der Waals surface area contributed by atoms with Crippen LogP contribution in [0.3, 0.4) is 0 Å². The van der Waals surface area contributed by atoms with E-state index in [1.54, 1.807) is 0 Å². The van der Waals surface area contributed by atoms with Gasteiger partial charge in [0.25, 0.3) is 0 Å². The number of amides is 3. The molecule has 5 heteroatoms. The molecule has 3 fully saturated rings. The number of nitrogens with one attached hydrogen (secondary N) is 2. The van der Waals surface area contributed by atoms with Gasteiger partial charge >= 0.3 is 6.03 Å². The summed E-state index contributed by atoms with van der Waals surface area (Å²) in [4.78, 5) is 24.9. The lowest BCUT2D eigenvalue weighted by atomic mass is 9.78. The van der Waals surface area contributed by atoms with E-state index in [2.05, 4.69) is 10.6 Å². The molecule has 2 saturated heterocycles. The molecule has 2 aliphatic heterocycles. The molecule has 1 atom stereocenters. The van der Waals surface area contributed by atoms with E-state index in [9.17, 15) is 9.59 Å². The molecule has 100 valence electrons. The zero-order valence-corrected chi connectivity index (χ0v) is 10.7. The van der Waals surface area contributed by atoms with E-state index in [0.717, 1.165) is 13.1 Å². The summed E-state index contributed by atoms with van der Waals surface area (Å²) < 4.78 is 0.